The van der Waals surface area contributed by atoms with Crippen molar-refractivity contribution in [3.05, 3.63) is 94.0 Å². The number of nitrogens with one attached hydrogen (secondary N) is 1. The standard InChI is InChI=1S/C25H26Cl2N2O4S/c1-18(20-8-10-21(26)11-9-20)28-25(30)17-29(15-14-19-6-4-3-5-7-19)34(31,32)22-12-13-24(33-2)23(27)16-22/h3-13,16,18H,14-15,17H2,1-2H3,(H,28,30)/t18-/m1/s1. The third kappa shape index (κ3) is 6.73. The SMILES string of the molecule is COc1ccc(S(=O)(=O)N(CCc2ccccc2)CC(=O)N[C@H](C)c2ccc(Cl)cc2)cc1Cl. The highest BCUT2D eigenvalue weighted by atomic mass is 35.5. The molecule has 1 amide bonds. The molecule has 0 aromatic heterocycles. The maximum Gasteiger partial charge on any atom is 0.243 e. The molecule has 180 valence electrons. The predicted octanol–water partition coefficient (Wildman–Crippen LogP) is 5.11. The number of nitrogens with zero attached hydrogens (tertiary/aromatic N) is 1. The van der Waals surface area contributed by atoms with Crippen LogP contribution in [0.15, 0.2) is 77.7 Å². The number of methoxy groups -OCH3 is 1. The van der Waals surface area contributed by atoms with Gasteiger partial charge in [0.05, 0.1) is 29.6 Å². The number of sulfonamides is 1. The molecule has 0 aliphatic rings. The third-order valence-electron chi connectivity index (χ3n) is 5.32. The Balaban J connectivity index is 1.81. The number of benzene rings is 3. The van der Waals surface area contributed by atoms with Gasteiger partial charge in [-0.05, 0) is 54.8 Å². The lowest BCUT2D eigenvalue weighted by atomic mass is 10.1. The minimum absolute atomic E-state index is 0.00934. The van der Waals surface area contributed by atoms with Gasteiger partial charge in [0, 0.05) is 11.6 Å². The number of hydrogen-bond acceptors (Lipinski definition) is 4. The summed E-state index contributed by atoms with van der Waals surface area (Å²) in [5, 5.41) is 3.63. The Hall–Kier alpha value is -2.58. The highest BCUT2D eigenvalue weighted by Crippen LogP contribution is 2.28. The average Bonchev–Trinajstić information content (AvgIpc) is 2.82. The first kappa shape index (κ1) is 26.0. The molecule has 0 heterocycles. The zero-order valence-electron chi connectivity index (χ0n) is 18.9. The van der Waals surface area contributed by atoms with Crippen molar-refractivity contribution in [1.29, 1.82) is 0 Å². The first-order chi connectivity index (χ1) is 16.2. The number of amides is 1. The maximum atomic E-state index is 13.5. The van der Waals surface area contributed by atoms with Crippen LogP contribution in [0.5, 0.6) is 5.75 Å². The van der Waals surface area contributed by atoms with E-state index in [1.165, 1.54) is 29.6 Å². The molecule has 0 bridgehead atoms. The fourth-order valence-electron chi connectivity index (χ4n) is 3.42. The van der Waals surface area contributed by atoms with E-state index in [4.69, 9.17) is 27.9 Å². The quantitative estimate of drug-likeness (QED) is 0.402. The van der Waals surface area contributed by atoms with Crippen LogP contribution in [-0.2, 0) is 21.2 Å². The van der Waals surface area contributed by atoms with E-state index in [0.29, 0.717) is 17.2 Å². The molecule has 0 radical (unpaired) electrons. The molecule has 1 atom stereocenters. The Kier molecular flexibility index (Phi) is 8.97. The van der Waals surface area contributed by atoms with Crippen molar-refractivity contribution in [2.75, 3.05) is 20.2 Å². The van der Waals surface area contributed by atoms with E-state index >= 15 is 0 Å². The van der Waals surface area contributed by atoms with Crippen LogP contribution in [0.3, 0.4) is 0 Å². The van der Waals surface area contributed by atoms with Gasteiger partial charge >= 0.3 is 0 Å². The number of halogens is 2. The molecular weight excluding hydrogens is 495 g/mol. The van der Waals surface area contributed by atoms with Crippen LogP contribution in [-0.4, -0.2) is 38.8 Å². The van der Waals surface area contributed by atoms with E-state index in [-0.39, 0.29) is 29.0 Å². The van der Waals surface area contributed by atoms with E-state index in [2.05, 4.69) is 5.32 Å². The molecule has 6 nitrogen and oxygen atoms in total. The summed E-state index contributed by atoms with van der Waals surface area (Å²) < 4.78 is 33.2. The third-order valence-corrected chi connectivity index (χ3v) is 7.71. The fourth-order valence-corrected chi connectivity index (χ4v) is 5.29. The van der Waals surface area contributed by atoms with Crippen LogP contribution in [0.4, 0.5) is 0 Å². The van der Waals surface area contributed by atoms with Gasteiger partial charge in [-0.15, -0.1) is 0 Å². The summed E-state index contributed by atoms with van der Waals surface area (Å²) in [5.41, 5.74) is 1.82. The Morgan fingerprint density at radius 3 is 2.32 bits per heavy atom. The number of carbonyl (C=O) groups is 1. The molecule has 34 heavy (non-hydrogen) atoms. The van der Waals surface area contributed by atoms with Crippen molar-refractivity contribution in [2.24, 2.45) is 0 Å². The number of carbonyl (C=O) groups excluding carboxylic acids is 1. The second-order valence-electron chi connectivity index (χ2n) is 7.71. The first-order valence-electron chi connectivity index (χ1n) is 10.6. The highest BCUT2D eigenvalue weighted by Gasteiger charge is 2.28. The second-order valence-corrected chi connectivity index (χ2v) is 10.5. The van der Waals surface area contributed by atoms with Crippen molar-refractivity contribution in [3.63, 3.8) is 0 Å². The molecule has 0 saturated heterocycles. The van der Waals surface area contributed by atoms with Crippen LogP contribution in [0, 0.1) is 0 Å². The van der Waals surface area contributed by atoms with E-state index < -0.39 is 15.9 Å². The molecule has 0 spiro atoms. The molecule has 3 rings (SSSR count). The summed E-state index contributed by atoms with van der Waals surface area (Å²) in [7, 11) is -2.55. The van der Waals surface area contributed by atoms with Gasteiger partial charge in [0.15, 0.2) is 0 Å². The minimum atomic E-state index is -4.00. The molecule has 0 unspecified atom stereocenters. The van der Waals surface area contributed by atoms with E-state index in [1.54, 1.807) is 12.1 Å². The van der Waals surface area contributed by atoms with E-state index in [1.807, 2.05) is 49.4 Å². The van der Waals surface area contributed by atoms with Crippen molar-refractivity contribution >= 4 is 39.1 Å². The van der Waals surface area contributed by atoms with Crippen molar-refractivity contribution in [1.82, 2.24) is 9.62 Å². The van der Waals surface area contributed by atoms with Crippen LogP contribution >= 0.6 is 23.2 Å². The summed E-state index contributed by atoms with van der Waals surface area (Å²) in [6.07, 6.45) is 0.448. The van der Waals surface area contributed by atoms with Gasteiger partial charge in [-0.1, -0.05) is 65.7 Å². The molecule has 0 fully saturated rings. The van der Waals surface area contributed by atoms with Gasteiger partial charge in [-0.2, -0.15) is 4.31 Å². The monoisotopic (exact) mass is 520 g/mol. The van der Waals surface area contributed by atoms with Crippen LogP contribution in [0.2, 0.25) is 10.0 Å². The van der Waals surface area contributed by atoms with Crippen LogP contribution in [0.25, 0.3) is 0 Å². The van der Waals surface area contributed by atoms with Gasteiger partial charge in [0.25, 0.3) is 0 Å². The van der Waals surface area contributed by atoms with Crippen molar-refractivity contribution in [2.45, 2.75) is 24.3 Å². The van der Waals surface area contributed by atoms with Crippen LogP contribution in [0.1, 0.15) is 24.1 Å². The van der Waals surface area contributed by atoms with Gasteiger partial charge in [-0.25, -0.2) is 8.42 Å². The molecule has 3 aromatic rings. The van der Waals surface area contributed by atoms with Crippen molar-refractivity contribution < 1.29 is 17.9 Å². The molecule has 0 saturated carbocycles. The van der Waals surface area contributed by atoms with E-state index in [9.17, 15) is 13.2 Å². The number of rotatable bonds is 10. The lowest BCUT2D eigenvalue weighted by Gasteiger charge is -2.23. The average molecular weight is 521 g/mol. The molecule has 0 aliphatic heterocycles. The lowest BCUT2D eigenvalue weighted by Crippen LogP contribution is -2.42. The molecular formula is C25H26Cl2N2O4S. The Morgan fingerprint density at radius 1 is 1.03 bits per heavy atom. The zero-order valence-corrected chi connectivity index (χ0v) is 21.2. The Morgan fingerprint density at radius 2 is 1.71 bits per heavy atom. The summed E-state index contributed by atoms with van der Waals surface area (Å²) in [6.45, 7) is 1.61. The minimum Gasteiger partial charge on any atom is -0.495 e. The molecule has 3 aromatic carbocycles. The van der Waals surface area contributed by atoms with Gasteiger partial charge < -0.3 is 10.1 Å². The van der Waals surface area contributed by atoms with Gasteiger partial charge in [-0.3, -0.25) is 4.79 Å². The predicted molar refractivity (Wildman–Crippen MR) is 135 cm³/mol. The summed E-state index contributed by atoms with van der Waals surface area (Å²) in [5.74, 6) is -0.0512. The lowest BCUT2D eigenvalue weighted by molar-refractivity contribution is -0.121. The summed E-state index contributed by atoms with van der Waals surface area (Å²) in [4.78, 5) is 12.9. The Bertz CT molecular complexity index is 1220. The smallest absolute Gasteiger partial charge is 0.243 e. The van der Waals surface area contributed by atoms with Crippen molar-refractivity contribution in [3.8, 4) is 5.75 Å². The largest absolute Gasteiger partial charge is 0.495 e. The Labute approximate surface area is 210 Å². The maximum absolute atomic E-state index is 13.5. The van der Waals surface area contributed by atoms with E-state index in [0.717, 1.165) is 11.1 Å². The normalized spacial score (nSPS) is 12.4. The zero-order chi connectivity index (χ0) is 24.7. The topological polar surface area (TPSA) is 75.7 Å². The highest BCUT2D eigenvalue weighted by molar-refractivity contribution is 7.89. The fraction of sp³-hybridized carbons (Fsp3) is 0.240. The van der Waals surface area contributed by atoms with Gasteiger partial charge in [0.1, 0.15) is 5.75 Å². The number of ether oxygens (including phenoxy) is 1. The molecule has 1 N–H and O–H groups in total. The molecule has 9 heteroatoms. The van der Waals surface area contributed by atoms with Gasteiger partial charge in [0.2, 0.25) is 15.9 Å². The van der Waals surface area contributed by atoms with Crippen LogP contribution < -0.4 is 10.1 Å². The summed E-state index contributed by atoms with van der Waals surface area (Å²) in [6, 6.07) is 20.5. The number of hydrogen-bond donors (Lipinski definition) is 1. The summed E-state index contributed by atoms with van der Waals surface area (Å²) >= 11 is 12.1. The molecule has 0 aliphatic carbocycles. The first-order valence-corrected chi connectivity index (χ1v) is 12.8. The second kappa shape index (κ2) is 11.7.